The van der Waals surface area contributed by atoms with Gasteiger partial charge in [0.25, 0.3) is 0 Å². The molecule has 0 spiro atoms. The Bertz CT molecular complexity index is 777. The van der Waals surface area contributed by atoms with Crippen molar-refractivity contribution in [1.29, 1.82) is 0 Å². The number of hydrogen-bond donors (Lipinski definition) is 1. The van der Waals surface area contributed by atoms with Crippen LogP contribution >= 0.6 is 11.5 Å². The van der Waals surface area contributed by atoms with Crippen LogP contribution in [-0.4, -0.2) is 42.5 Å². The maximum absolute atomic E-state index is 10.5. The average Bonchev–Trinajstić information content (AvgIpc) is 2.97. The second kappa shape index (κ2) is 7.55. The van der Waals surface area contributed by atoms with Gasteiger partial charge in [0.05, 0.1) is 12.3 Å². The number of aryl methyl sites for hydroxylation is 1. The maximum Gasteiger partial charge on any atom is 0.397 e. The van der Waals surface area contributed by atoms with Gasteiger partial charge in [-0.3, -0.25) is 4.55 Å². The second-order valence-corrected chi connectivity index (χ2v) is 6.42. The van der Waals surface area contributed by atoms with E-state index in [1.54, 1.807) is 18.0 Å². The van der Waals surface area contributed by atoms with Crippen molar-refractivity contribution in [3.05, 3.63) is 30.1 Å². The summed E-state index contributed by atoms with van der Waals surface area (Å²) in [6, 6.07) is 5.52. The van der Waals surface area contributed by atoms with Crippen LogP contribution in [0.4, 0.5) is 16.5 Å². The SMILES string of the molecule is Cc1cc(N(C)CCOS(=O)(=O)O)ccc1/N=N/c1ncns1. The lowest BCUT2D eigenvalue weighted by Crippen LogP contribution is -2.23. The van der Waals surface area contributed by atoms with E-state index in [9.17, 15) is 8.42 Å². The number of nitrogens with zero attached hydrogens (tertiary/aromatic N) is 5. The summed E-state index contributed by atoms with van der Waals surface area (Å²) in [6.07, 6.45) is 1.42. The van der Waals surface area contributed by atoms with Crippen LogP contribution in [0.3, 0.4) is 0 Å². The third-order valence-corrected chi connectivity index (χ3v) is 3.89. The van der Waals surface area contributed by atoms with Crippen LogP contribution in [0, 0.1) is 6.92 Å². The maximum atomic E-state index is 10.5. The first kappa shape index (κ1) is 17.4. The number of anilines is 1. The monoisotopic (exact) mass is 357 g/mol. The third-order valence-electron chi connectivity index (χ3n) is 2.87. The van der Waals surface area contributed by atoms with Gasteiger partial charge in [-0.15, -0.1) is 10.2 Å². The molecule has 2 rings (SSSR count). The molecule has 1 aromatic carbocycles. The Morgan fingerprint density at radius 2 is 2.17 bits per heavy atom. The molecule has 0 fully saturated rings. The van der Waals surface area contributed by atoms with Gasteiger partial charge >= 0.3 is 10.4 Å². The molecule has 0 radical (unpaired) electrons. The van der Waals surface area contributed by atoms with Gasteiger partial charge in [0.1, 0.15) is 6.33 Å². The van der Waals surface area contributed by atoms with E-state index in [0.29, 0.717) is 17.4 Å². The van der Waals surface area contributed by atoms with Crippen LogP contribution in [0.15, 0.2) is 34.8 Å². The number of hydrogen-bond acceptors (Lipinski definition) is 9. The molecular formula is C12H15N5O4S2. The van der Waals surface area contributed by atoms with E-state index in [1.165, 1.54) is 6.33 Å². The van der Waals surface area contributed by atoms with E-state index in [0.717, 1.165) is 22.8 Å². The van der Waals surface area contributed by atoms with Crippen molar-refractivity contribution < 1.29 is 17.2 Å². The second-order valence-electron chi connectivity index (χ2n) is 4.57. The van der Waals surface area contributed by atoms with Gasteiger partial charge in [0, 0.05) is 30.8 Å². The Morgan fingerprint density at radius 1 is 1.39 bits per heavy atom. The lowest BCUT2D eigenvalue weighted by Gasteiger charge is -2.19. The topological polar surface area (TPSA) is 117 Å². The molecule has 0 aliphatic carbocycles. The van der Waals surface area contributed by atoms with Gasteiger partial charge in [-0.25, -0.2) is 9.17 Å². The number of aromatic nitrogens is 2. The van der Waals surface area contributed by atoms with Gasteiger partial charge in [-0.1, -0.05) is 0 Å². The molecule has 0 saturated carbocycles. The Morgan fingerprint density at radius 3 is 2.78 bits per heavy atom. The smallest absolute Gasteiger partial charge is 0.372 e. The number of rotatable bonds is 7. The first-order chi connectivity index (χ1) is 10.8. The predicted molar refractivity (Wildman–Crippen MR) is 86.0 cm³/mol. The fourth-order valence-electron chi connectivity index (χ4n) is 1.71. The zero-order valence-corrected chi connectivity index (χ0v) is 14.1. The minimum atomic E-state index is -4.41. The molecule has 0 unspecified atom stereocenters. The third kappa shape index (κ3) is 5.63. The van der Waals surface area contributed by atoms with Crippen molar-refractivity contribution in [2.24, 2.45) is 10.2 Å². The normalized spacial score (nSPS) is 12.0. The minimum absolute atomic E-state index is 0.146. The number of benzene rings is 1. The van der Waals surface area contributed by atoms with Gasteiger partial charge < -0.3 is 4.90 Å². The summed E-state index contributed by atoms with van der Waals surface area (Å²) in [5, 5.41) is 8.59. The zero-order chi connectivity index (χ0) is 16.9. The highest BCUT2D eigenvalue weighted by Gasteiger charge is 2.08. The largest absolute Gasteiger partial charge is 0.397 e. The molecule has 2 aromatic rings. The minimum Gasteiger partial charge on any atom is -0.372 e. The Balaban J connectivity index is 2.00. The van der Waals surface area contributed by atoms with Crippen molar-refractivity contribution in [3.63, 3.8) is 0 Å². The summed E-state index contributed by atoms with van der Waals surface area (Å²) in [4.78, 5) is 5.71. The molecular weight excluding hydrogens is 342 g/mol. The molecule has 1 heterocycles. The average molecular weight is 357 g/mol. The molecule has 9 nitrogen and oxygen atoms in total. The fourth-order valence-corrected chi connectivity index (χ4v) is 2.35. The summed E-state index contributed by atoms with van der Waals surface area (Å²) in [5.74, 6) is 0. The van der Waals surface area contributed by atoms with E-state index in [4.69, 9.17) is 4.55 Å². The van der Waals surface area contributed by atoms with E-state index >= 15 is 0 Å². The Kier molecular flexibility index (Phi) is 5.71. The quantitative estimate of drug-likeness (QED) is 0.597. The highest BCUT2D eigenvalue weighted by molar-refractivity contribution is 7.80. The highest BCUT2D eigenvalue weighted by atomic mass is 32.3. The van der Waals surface area contributed by atoms with Gasteiger partial charge in [-0.2, -0.15) is 12.8 Å². The molecule has 0 amide bonds. The molecule has 0 saturated heterocycles. The molecule has 23 heavy (non-hydrogen) atoms. The van der Waals surface area contributed by atoms with Crippen LogP contribution in [0.5, 0.6) is 0 Å². The molecule has 0 aliphatic heterocycles. The summed E-state index contributed by atoms with van der Waals surface area (Å²) >= 11 is 1.15. The van der Waals surface area contributed by atoms with Crippen molar-refractivity contribution in [1.82, 2.24) is 9.36 Å². The van der Waals surface area contributed by atoms with Crippen LogP contribution in [0.25, 0.3) is 0 Å². The van der Waals surface area contributed by atoms with Crippen molar-refractivity contribution in [2.45, 2.75) is 6.92 Å². The Labute approximate surface area is 137 Å². The molecule has 0 atom stereocenters. The van der Waals surface area contributed by atoms with Crippen molar-refractivity contribution >= 4 is 38.4 Å². The first-order valence-electron chi connectivity index (χ1n) is 6.47. The van der Waals surface area contributed by atoms with Gasteiger partial charge in [0.2, 0.25) is 5.13 Å². The summed E-state index contributed by atoms with van der Waals surface area (Å²) in [7, 11) is -2.63. The highest BCUT2D eigenvalue weighted by Crippen LogP contribution is 2.26. The molecule has 11 heteroatoms. The molecule has 1 aromatic heterocycles. The molecule has 1 N–H and O–H groups in total. The fraction of sp³-hybridized carbons (Fsp3) is 0.333. The van der Waals surface area contributed by atoms with Crippen molar-refractivity contribution in [2.75, 3.05) is 25.1 Å². The predicted octanol–water partition coefficient (Wildman–Crippen LogP) is 2.52. The van der Waals surface area contributed by atoms with E-state index < -0.39 is 10.4 Å². The van der Waals surface area contributed by atoms with Gasteiger partial charge in [-0.05, 0) is 30.7 Å². The van der Waals surface area contributed by atoms with Crippen LogP contribution in [0.1, 0.15) is 5.56 Å². The number of likely N-dealkylation sites (N-methyl/N-ethyl adjacent to an activating group) is 1. The van der Waals surface area contributed by atoms with Crippen LogP contribution < -0.4 is 4.90 Å². The lowest BCUT2D eigenvalue weighted by molar-refractivity contribution is 0.274. The van der Waals surface area contributed by atoms with Gasteiger partial charge in [0.15, 0.2) is 0 Å². The zero-order valence-electron chi connectivity index (χ0n) is 12.4. The standard InChI is InChI=1S/C12H15N5O4S2/c1-9-7-10(17(2)5-6-21-23(18,19)20)3-4-11(9)15-16-12-13-8-14-22-12/h3-4,7-8H,5-6H2,1-2H3,(H,18,19,20)/b16-15+. The van der Waals surface area contributed by atoms with E-state index in [2.05, 4.69) is 23.8 Å². The first-order valence-corrected chi connectivity index (χ1v) is 8.61. The summed E-state index contributed by atoms with van der Waals surface area (Å²) in [5.41, 5.74) is 2.46. The molecule has 0 aliphatic rings. The molecule has 124 valence electrons. The van der Waals surface area contributed by atoms with Crippen LogP contribution in [-0.2, 0) is 14.6 Å². The summed E-state index contributed by atoms with van der Waals surface area (Å²) in [6.45, 7) is 2.04. The molecule has 0 bridgehead atoms. The van der Waals surface area contributed by atoms with Crippen molar-refractivity contribution in [3.8, 4) is 0 Å². The Hall–Kier alpha value is -1.95. The van der Waals surface area contributed by atoms with E-state index in [1.807, 2.05) is 19.1 Å². The summed E-state index contributed by atoms with van der Waals surface area (Å²) < 4.78 is 37.7. The van der Waals surface area contributed by atoms with Crippen LogP contribution in [0.2, 0.25) is 0 Å². The lowest BCUT2D eigenvalue weighted by atomic mass is 10.1. The van der Waals surface area contributed by atoms with E-state index in [-0.39, 0.29) is 6.61 Å². The number of azo groups is 1.